The average Bonchev–Trinajstić information content (AvgIpc) is 2.50. The zero-order valence-electron chi connectivity index (χ0n) is 6.78. The summed E-state index contributed by atoms with van der Waals surface area (Å²) in [6.07, 6.45) is 0. The van der Waals surface area contributed by atoms with E-state index in [1.54, 1.807) is 0 Å². The number of para-hydroxylation sites is 1. The van der Waals surface area contributed by atoms with Crippen LogP contribution < -0.4 is 4.74 Å². The molecule has 0 saturated carbocycles. The van der Waals surface area contributed by atoms with Crippen LogP contribution in [0.5, 0.6) is 5.88 Å². The van der Waals surface area contributed by atoms with Crippen LogP contribution in [0.4, 0.5) is 0 Å². The molecule has 0 aliphatic heterocycles. The molecule has 0 radical (unpaired) electrons. The first-order chi connectivity index (χ1) is 5.92. The fraction of sp³-hybridized carbons (Fsp3) is 0.222. The summed E-state index contributed by atoms with van der Waals surface area (Å²) in [5.74, 6) is 0.577. The summed E-state index contributed by atoms with van der Waals surface area (Å²) in [5, 5.41) is 4.72. The first-order valence-electron chi connectivity index (χ1n) is 3.89. The Morgan fingerprint density at radius 1 is 1.42 bits per heavy atom. The van der Waals surface area contributed by atoms with Gasteiger partial charge in [0.1, 0.15) is 0 Å². The predicted octanol–water partition coefficient (Wildman–Crippen LogP) is 2.23. The van der Waals surface area contributed by atoms with Crippen molar-refractivity contribution in [2.75, 3.05) is 6.61 Å². The lowest BCUT2D eigenvalue weighted by molar-refractivity contribution is 0.301. The second kappa shape index (κ2) is 2.85. The highest BCUT2D eigenvalue weighted by Gasteiger charge is 2.06. The average molecular weight is 163 g/mol. The normalized spacial score (nSPS) is 10.4. The van der Waals surface area contributed by atoms with Crippen LogP contribution in [-0.4, -0.2) is 11.8 Å². The van der Waals surface area contributed by atoms with Gasteiger partial charge in [0.25, 0.3) is 5.88 Å². The number of ether oxygens (including phenoxy) is 1. The molecule has 0 unspecified atom stereocenters. The van der Waals surface area contributed by atoms with Crippen molar-refractivity contribution in [1.29, 1.82) is 0 Å². The maximum Gasteiger partial charge on any atom is 0.262 e. The van der Waals surface area contributed by atoms with E-state index in [1.165, 1.54) is 0 Å². The molecule has 0 aliphatic carbocycles. The molecule has 0 saturated heterocycles. The largest absolute Gasteiger partial charge is 0.475 e. The quantitative estimate of drug-likeness (QED) is 0.680. The van der Waals surface area contributed by atoms with Crippen LogP contribution in [0.1, 0.15) is 6.92 Å². The van der Waals surface area contributed by atoms with E-state index in [1.807, 2.05) is 31.2 Å². The van der Waals surface area contributed by atoms with Gasteiger partial charge in [-0.1, -0.05) is 12.1 Å². The summed E-state index contributed by atoms with van der Waals surface area (Å²) in [4.78, 5) is 0. The fourth-order valence-corrected chi connectivity index (χ4v) is 1.10. The molecule has 1 aromatic heterocycles. The molecular formula is C9H9NO2. The summed E-state index contributed by atoms with van der Waals surface area (Å²) >= 11 is 0. The van der Waals surface area contributed by atoms with E-state index >= 15 is 0 Å². The van der Waals surface area contributed by atoms with Gasteiger partial charge in [-0.25, -0.2) is 0 Å². The van der Waals surface area contributed by atoms with Crippen molar-refractivity contribution in [2.45, 2.75) is 6.92 Å². The van der Waals surface area contributed by atoms with Gasteiger partial charge >= 0.3 is 0 Å². The van der Waals surface area contributed by atoms with Crippen LogP contribution in [0.25, 0.3) is 11.0 Å². The van der Waals surface area contributed by atoms with Crippen LogP contribution >= 0.6 is 0 Å². The SMILES string of the molecule is CCOc1noc2ccccc12. The molecule has 0 aliphatic rings. The smallest absolute Gasteiger partial charge is 0.262 e. The highest BCUT2D eigenvalue weighted by Crippen LogP contribution is 2.23. The first-order valence-corrected chi connectivity index (χ1v) is 3.89. The van der Waals surface area contributed by atoms with Crippen molar-refractivity contribution in [3.8, 4) is 5.88 Å². The molecule has 3 nitrogen and oxygen atoms in total. The van der Waals surface area contributed by atoms with Crippen molar-refractivity contribution >= 4 is 11.0 Å². The number of fused-ring (bicyclic) bond motifs is 1. The van der Waals surface area contributed by atoms with Gasteiger partial charge in [0, 0.05) is 0 Å². The summed E-state index contributed by atoms with van der Waals surface area (Å²) in [6, 6.07) is 7.63. The molecular weight excluding hydrogens is 154 g/mol. The Morgan fingerprint density at radius 3 is 3.08 bits per heavy atom. The second-order valence-electron chi connectivity index (χ2n) is 2.42. The van der Waals surface area contributed by atoms with E-state index in [9.17, 15) is 0 Å². The maximum absolute atomic E-state index is 5.25. The number of hydrogen-bond acceptors (Lipinski definition) is 3. The van der Waals surface area contributed by atoms with Crippen molar-refractivity contribution in [3.63, 3.8) is 0 Å². The van der Waals surface area contributed by atoms with Gasteiger partial charge in [-0.3, -0.25) is 0 Å². The van der Waals surface area contributed by atoms with Crippen LogP contribution in [-0.2, 0) is 0 Å². The molecule has 62 valence electrons. The molecule has 0 fully saturated rings. The van der Waals surface area contributed by atoms with E-state index in [0.29, 0.717) is 12.5 Å². The molecule has 0 N–H and O–H groups in total. The number of benzene rings is 1. The standard InChI is InChI=1S/C9H9NO2/c1-2-11-9-7-5-3-4-6-8(7)12-10-9/h3-6H,2H2,1H3. The summed E-state index contributed by atoms with van der Waals surface area (Å²) in [7, 11) is 0. The highest BCUT2D eigenvalue weighted by atomic mass is 16.5. The Morgan fingerprint density at radius 2 is 2.25 bits per heavy atom. The lowest BCUT2D eigenvalue weighted by Crippen LogP contribution is -1.90. The fourth-order valence-electron chi connectivity index (χ4n) is 1.10. The summed E-state index contributed by atoms with van der Waals surface area (Å²) < 4.78 is 10.3. The molecule has 0 spiro atoms. The number of rotatable bonds is 2. The minimum absolute atomic E-state index is 0.577. The third-order valence-electron chi connectivity index (χ3n) is 1.63. The van der Waals surface area contributed by atoms with Gasteiger partial charge in [0.05, 0.1) is 12.0 Å². The molecule has 1 heterocycles. The topological polar surface area (TPSA) is 35.3 Å². The molecule has 2 aromatic rings. The minimum Gasteiger partial charge on any atom is -0.475 e. The van der Waals surface area contributed by atoms with E-state index in [-0.39, 0.29) is 0 Å². The number of aromatic nitrogens is 1. The van der Waals surface area contributed by atoms with Crippen LogP contribution in [0, 0.1) is 0 Å². The van der Waals surface area contributed by atoms with E-state index in [2.05, 4.69) is 5.16 Å². The lowest BCUT2D eigenvalue weighted by Gasteiger charge is -1.94. The molecule has 0 atom stereocenters. The second-order valence-corrected chi connectivity index (χ2v) is 2.42. The van der Waals surface area contributed by atoms with Crippen LogP contribution in [0.3, 0.4) is 0 Å². The maximum atomic E-state index is 5.25. The summed E-state index contributed by atoms with van der Waals surface area (Å²) in [5.41, 5.74) is 0.765. The van der Waals surface area contributed by atoms with Gasteiger partial charge in [0.2, 0.25) is 0 Å². The number of hydrogen-bond donors (Lipinski definition) is 0. The molecule has 3 heteroatoms. The van der Waals surface area contributed by atoms with E-state index in [4.69, 9.17) is 9.26 Å². The molecule has 0 amide bonds. The Kier molecular flexibility index (Phi) is 1.70. The Bertz CT molecular complexity index is 381. The minimum atomic E-state index is 0.577. The van der Waals surface area contributed by atoms with Crippen LogP contribution in [0.15, 0.2) is 28.8 Å². The van der Waals surface area contributed by atoms with Crippen molar-refractivity contribution in [1.82, 2.24) is 5.16 Å². The van der Waals surface area contributed by atoms with Gasteiger partial charge < -0.3 is 9.26 Å². The Labute approximate surface area is 69.9 Å². The summed E-state index contributed by atoms with van der Waals surface area (Å²) in [6.45, 7) is 2.53. The van der Waals surface area contributed by atoms with Gasteiger partial charge in [-0.2, -0.15) is 0 Å². The zero-order valence-corrected chi connectivity index (χ0v) is 6.78. The van der Waals surface area contributed by atoms with Gasteiger partial charge in [-0.05, 0) is 24.2 Å². The van der Waals surface area contributed by atoms with Crippen LogP contribution in [0.2, 0.25) is 0 Å². The van der Waals surface area contributed by atoms with Gasteiger partial charge in [0.15, 0.2) is 5.58 Å². The molecule has 12 heavy (non-hydrogen) atoms. The van der Waals surface area contributed by atoms with Crippen molar-refractivity contribution < 1.29 is 9.26 Å². The lowest BCUT2D eigenvalue weighted by atomic mass is 10.3. The highest BCUT2D eigenvalue weighted by molar-refractivity contribution is 5.81. The monoisotopic (exact) mass is 163 g/mol. The van der Waals surface area contributed by atoms with Crippen molar-refractivity contribution in [3.05, 3.63) is 24.3 Å². The zero-order chi connectivity index (χ0) is 8.39. The third-order valence-corrected chi connectivity index (χ3v) is 1.63. The van der Waals surface area contributed by atoms with Gasteiger partial charge in [-0.15, -0.1) is 0 Å². The Balaban J connectivity index is 2.55. The molecule has 1 aromatic carbocycles. The number of nitrogens with zero attached hydrogens (tertiary/aromatic N) is 1. The predicted molar refractivity (Wildman–Crippen MR) is 45.2 cm³/mol. The Hall–Kier alpha value is -1.51. The molecule has 2 rings (SSSR count). The van der Waals surface area contributed by atoms with E-state index < -0.39 is 0 Å². The third kappa shape index (κ3) is 1.03. The molecule has 0 bridgehead atoms. The first kappa shape index (κ1) is 7.16. The van der Waals surface area contributed by atoms with Crippen molar-refractivity contribution in [2.24, 2.45) is 0 Å². The van der Waals surface area contributed by atoms with E-state index in [0.717, 1.165) is 11.0 Å².